The van der Waals surface area contributed by atoms with Gasteiger partial charge in [-0.15, -0.1) is 10.2 Å². The molecule has 7 heteroatoms. The Kier molecular flexibility index (Phi) is 4.32. The van der Waals surface area contributed by atoms with Crippen LogP contribution in [0.5, 0.6) is 0 Å². The van der Waals surface area contributed by atoms with Crippen molar-refractivity contribution in [1.29, 1.82) is 0 Å². The van der Waals surface area contributed by atoms with Crippen LogP contribution in [0.3, 0.4) is 0 Å². The standard InChI is InChI=1S/C11H13N5OS/c12-6-3-5-9(17)14-11-16-15-10(18-11)8-4-1-2-7-13-8/h1-2,4,7H,3,5-6,12H2,(H,14,16,17). The number of rotatable bonds is 5. The lowest BCUT2D eigenvalue weighted by molar-refractivity contribution is -0.116. The van der Waals surface area contributed by atoms with E-state index in [1.165, 1.54) is 11.3 Å². The van der Waals surface area contributed by atoms with E-state index in [9.17, 15) is 4.79 Å². The van der Waals surface area contributed by atoms with E-state index in [4.69, 9.17) is 5.73 Å². The SMILES string of the molecule is NCCCC(=O)Nc1nnc(-c2ccccn2)s1. The quantitative estimate of drug-likeness (QED) is 0.847. The summed E-state index contributed by atoms with van der Waals surface area (Å²) in [5.41, 5.74) is 6.08. The van der Waals surface area contributed by atoms with E-state index in [-0.39, 0.29) is 5.91 Å². The van der Waals surface area contributed by atoms with Crippen LogP contribution in [0.15, 0.2) is 24.4 Å². The van der Waals surface area contributed by atoms with Crippen molar-refractivity contribution in [2.45, 2.75) is 12.8 Å². The molecule has 0 unspecified atom stereocenters. The summed E-state index contributed by atoms with van der Waals surface area (Å²) in [4.78, 5) is 15.6. The third-order valence-electron chi connectivity index (χ3n) is 2.16. The summed E-state index contributed by atoms with van der Waals surface area (Å²) < 4.78 is 0. The minimum absolute atomic E-state index is 0.0934. The first kappa shape index (κ1) is 12.6. The highest BCUT2D eigenvalue weighted by Crippen LogP contribution is 2.24. The maximum atomic E-state index is 11.5. The van der Waals surface area contributed by atoms with Gasteiger partial charge >= 0.3 is 0 Å². The van der Waals surface area contributed by atoms with E-state index in [2.05, 4.69) is 20.5 Å². The number of aromatic nitrogens is 3. The molecule has 0 spiro atoms. The molecule has 0 saturated heterocycles. The topological polar surface area (TPSA) is 93.8 Å². The van der Waals surface area contributed by atoms with Gasteiger partial charge in [0.2, 0.25) is 11.0 Å². The van der Waals surface area contributed by atoms with Crippen LogP contribution in [0.4, 0.5) is 5.13 Å². The Morgan fingerprint density at radius 3 is 3.00 bits per heavy atom. The van der Waals surface area contributed by atoms with E-state index in [1.54, 1.807) is 6.20 Å². The second-order valence-electron chi connectivity index (χ2n) is 3.57. The fraction of sp³-hybridized carbons (Fsp3) is 0.273. The number of carbonyl (C=O) groups excluding carboxylic acids is 1. The molecule has 2 aromatic heterocycles. The number of nitrogens with zero attached hydrogens (tertiary/aromatic N) is 3. The summed E-state index contributed by atoms with van der Waals surface area (Å²) in [6, 6.07) is 5.56. The molecule has 0 aromatic carbocycles. The van der Waals surface area contributed by atoms with Crippen LogP contribution in [0.1, 0.15) is 12.8 Å². The van der Waals surface area contributed by atoms with Crippen LogP contribution in [0.2, 0.25) is 0 Å². The molecule has 18 heavy (non-hydrogen) atoms. The smallest absolute Gasteiger partial charge is 0.226 e. The first-order chi connectivity index (χ1) is 8.79. The molecule has 3 N–H and O–H groups in total. The summed E-state index contributed by atoms with van der Waals surface area (Å²) in [7, 11) is 0. The Morgan fingerprint density at radius 1 is 1.39 bits per heavy atom. The zero-order chi connectivity index (χ0) is 12.8. The lowest BCUT2D eigenvalue weighted by Gasteiger charge is -1.98. The van der Waals surface area contributed by atoms with Crippen molar-refractivity contribution in [3.63, 3.8) is 0 Å². The van der Waals surface area contributed by atoms with Crippen molar-refractivity contribution in [3.8, 4) is 10.7 Å². The lowest BCUT2D eigenvalue weighted by atomic mass is 10.3. The van der Waals surface area contributed by atoms with E-state index >= 15 is 0 Å². The first-order valence-electron chi connectivity index (χ1n) is 5.54. The van der Waals surface area contributed by atoms with Gasteiger partial charge < -0.3 is 11.1 Å². The molecule has 0 bridgehead atoms. The van der Waals surface area contributed by atoms with Crippen molar-refractivity contribution >= 4 is 22.4 Å². The summed E-state index contributed by atoms with van der Waals surface area (Å²) in [5.74, 6) is -0.0934. The van der Waals surface area contributed by atoms with Gasteiger partial charge in [0.25, 0.3) is 0 Å². The number of anilines is 1. The fourth-order valence-corrected chi connectivity index (χ4v) is 2.05. The molecule has 0 saturated carbocycles. The van der Waals surface area contributed by atoms with Crippen LogP contribution < -0.4 is 11.1 Å². The van der Waals surface area contributed by atoms with Crippen LogP contribution in [-0.2, 0) is 4.79 Å². The van der Waals surface area contributed by atoms with Gasteiger partial charge in [0.1, 0.15) is 5.69 Å². The maximum absolute atomic E-state index is 11.5. The number of hydrogen-bond donors (Lipinski definition) is 2. The van der Waals surface area contributed by atoms with Crippen LogP contribution in [0, 0.1) is 0 Å². The highest BCUT2D eigenvalue weighted by molar-refractivity contribution is 7.18. The van der Waals surface area contributed by atoms with Gasteiger partial charge in [-0.25, -0.2) is 0 Å². The Bertz CT molecular complexity index is 513. The van der Waals surface area contributed by atoms with E-state index in [0.717, 1.165) is 5.69 Å². The Morgan fingerprint density at radius 2 is 2.28 bits per heavy atom. The maximum Gasteiger partial charge on any atom is 0.226 e. The number of hydrogen-bond acceptors (Lipinski definition) is 6. The van der Waals surface area contributed by atoms with Crippen LogP contribution in [0.25, 0.3) is 10.7 Å². The summed E-state index contributed by atoms with van der Waals surface area (Å²) in [5, 5.41) is 11.8. The number of amides is 1. The van der Waals surface area contributed by atoms with Crippen molar-refractivity contribution < 1.29 is 4.79 Å². The van der Waals surface area contributed by atoms with E-state index in [1.807, 2.05) is 18.2 Å². The van der Waals surface area contributed by atoms with Crippen molar-refractivity contribution in [2.75, 3.05) is 11.9 Å². The molecule has 0 aliphatic heterocycles. The van der Waals surface area contributed by atoms with Gasteiger partial charge in [-0.2, -0.15) is 0 Å². The van der Waals surface area contributed by atoms with E-state index < -0.39 is 0 Å². The molecule has 0 aliphatic carbocycles. The average Bonchev–Trinajstić information content (AvgIpc) is 2.86. The molecule has 0 atom stereocenters. The van der Waals surface area contributed by atoms with Gasteiger partial charge in [0.15, 0.2) is 5.01 Å². The van der Waals surface area contributed by atoms with Crippen molar-refractivity contribution in [3.05, 3.63) is 24.4 Å². The zero-order valence-corrected chi connectivity index (χ0v) is 10.5. The minimum atomic E-state index is -0.0934. The molecular weight excluding hydrogens is 250 g/mol. The molecule has 6 nitrogen and oxygen atoms in total. The average molecular weight is 263 g/mol. The van der Waals surface area contributed by atoms with Crippen molar-refractivity contribution in [1.82, 2.24) is 15.2 Å². The van der Waals surface area contributed by atoms with Crippen LogP contribution in [-0.4, -0.2) is 27.6 Å². The van der Waals surface area contributed by atoms with Crippen molar-refractivity contribution in [2.24, 2.45) is 5.73 Å². The Balaban J connectivity index is 2.00. The third-order valence-corrected chi connectivity index (χ3v) is 3.02. The molecule has 2 heterocycles. The predicted molar refractivity (Wildman–Crippen MR) is 70.1 cm³/mol. The monoisotopic (exact) mass is 263 g/mol. The molecule has 1 amide bonds. The van der Waals surface area contributed by atoms with Gasteiger partial charge in [-0.05, 0) is 25.1 Å². The van der Waals surface area contributed by atoms with Gasteiger partial charge in [-0.3, -0.25) is 9.78 Å². The summed E-state index contributed by atoms with van der Waals surface area (Å²) in [6.07, 6.45) is 2.75. The summed E-state index contributed by atoms with van der Waals surface area (Å²) >= 11 is 1.30. The van der Waals surface area contributed by atoms with Gasteiger partial charge in [-0.1, -0.05) is 17.4 Å². The van der Waals surface area contributed by atoms with E-state index in [0.29, 0.717) is 29.5 Å². The highest BCUT2D eigenvalue weighted by Gasteiger charge is 2.09. The normalized spacial score (nSPS) is 10.3. The Hall–Kier alpha value is -1.86. The second-order valence-corrected chi connectivity index (χ2v) is 4.55. The summed E-state index contributed by atoms with van der Waals surface area (Å²) in [6.45, 7) is 0.503. The molecule has 0 fully saturated rings. The lowest BCUT2D eigenvalue weighted by Crippen LogP contribution is -2.13. The number of pyridine rings is 1. The Labute approximate surface area is 108 Å². The molecule has 2 aromatic rings. The van der Waals surface area contributed by atoms with Gasteiger partial charge in [0.05, 0.1) is 0 Å². The zero-order valence-electron chi connectivity index (χ0n) is 9.67. The van der Waals surface area contributed by atoms with Gasteiger partial charge in [0, 0.05) is 12.6 Å². The number of carbonyl (C=O) groups is 1. The largest absolute Gasteiger partial charge is 0.330 e. The fourth-order valence-electron chi connectivity index (χ4n) is 1.31. The third kappa shape index (κ3) is 3.31. The molecule has 94 valence electrons. The highest BCUT2D eigenvalue weighted by atomic mass is 32.1. The van der Waals surface area contributed by atoms with Crippen LogP contribution >= 0.6 is 11.3 Å². The molecule has 0 aliphatic rings. The molecule has 0 radical (unpaired) electrons. The molecular formula is C11H13N5OS. The molecule has 2 rings (SSSR count). The number of nitrogens with two attached hydrogens (primary N) is 1. The predicted octanol–water partition coefficient (Wildman–Crippen LogP) is 1.28. The minimum Gasteiger partial charge on any atom is -0.330 e. The second kappa shape index (κ2) is 6.18. The number of nitrogens with one attached hydrogen (secondary N) is 1. The first-order valence-corrected chi connectivity index (χ1v) is 6.36.